The highest BCUT2D eigenvalue weighted by molar-refractivity contribution is 5.60. The third kappa shape index (κ3) is 3.39. The molecule has 1 aliphatic heterocycles. The van der Waals surface area contributed by atoms with E-state index in [1.165, 1.54) is 0 Å². The van der Waals surface area contributed by atoms with Gasteiger partial charge in [-0.1, -0.05) is 31.2 Å². The van der Waals surface area contributed by atoms with Crippen LogP contribution in [0.3, 0.4) is 0 Å². The van der Waals surface area contributed by atoms with Crippen LogP contribution < -0.4 is 0 Å². The molecule has 1 fully saturated rings. The zero-order valence-electron chi connectivity index (χ0n) is 13.2. The standard InChI is InChI=1S/C17H28N2O/c1-5-17(3,9-8-16(13-20)15-6-7-15)19-11-10-18(4)14(2)12-19/h6-9,13-16H,5,10-12H2,1-4H3/b9-8-/t14-,16?,17?/m0/s1. The molecule has 0 amide bonds. The minimum Gasteiger partial charge on any atom is -0.303 e. The maximum Gasteiger partial charge on any atom is 0.127 e. The van der Waals surface area contributed by atoms with Crippen molar-refractivity contribution in [2.75, 3.05) is 26.7 Å². The molecule has 0 spiro atoms. The smallest absolute Gasteiger partial charge is 0.127 e. The van der Waals surface area contributed by atoms with Crippen LogP contribution in [0.15, 0.2) is 24.3 Å². The van der Waals surface area contributed by atoms with Crippen molar-refractivity contribution in [2.45, 2.75) is 38.8 Å². The van der Waals surface area contributed by atoms with Gasteiger partial charge in [-0.05, 0) is 27.3 Å². The molecule has 3 atom stereocenters. The topological polar surface area (TPSA) is 23.6 Å². The Hall–Kier alpha value is -0.930. The number of allylic oxidation sites excluding steroid dienone is 3. The van der Waals surface area contributed by atoms with Crippen LogP contribution in [0.5, 0.6) is 0 Å². The molecule has 2 aliphatic rings. The van der Waals surface area contributed by atoms with Gasteiger partial charge in [0.1, 0.15) is 6.29 Å². The van der Waals surface area contributed by atoms with Crippen molar-refractivity contribution in [3.63, 3.8) is 0 Å². The van der Waals surface area contributed by atoms with Gasteiger partial charge in [-0.2, -0.15) is 0 Å². The molecule has 2 rings (SSSR count). The number of nitrogens with zero attached hydrogens (tertiary/aromatic N) is 2. The first-order valence-corrected chi connectivity index (χ1v) is 7.78. The van der Waals surface area contributed by atoms with Crippen LogP contribution in [-0.4, -0.2) is 54.3 Å². The first kappa shape index (κ1) is 15.5. The summed E-state index contributed by atoms with van der Waals surface area (Å²) in [7, 11) is 2.20. The third-order valence-electron chi connectivity index (χ3n) is 5.09. The summed E-state index contributed by atoms with van der Waals surface area (Å²) < 4.78 is 0. The Bertz CT molecular complexity index is 398. The summed E-state index contributed by atoms with van der Waals surface area (Å²) in [4.78, 5) is 16.1. The first-order valence-electron chi connectivity index (χ1n) is 7.78. The largest absolute Gasteiger partial charge is 0.303 e. The Balaban J connectivity index is 2.04. The minimum atomic E-state index is 0.0331. The summed E-state index contributed by atoms with van der Waals surface area (Å²) in [5.74, 6) is 0.405. The van der Waals surface area contributed by atoms with Crippen LogP contribution in [0.2, 0.25) is 0 Å². The average molecular weight is 276 g/mol. The second-order valence-corrected chi connectivity index (χ2v) is 6.52. The number of aldehydes is 1. The fourth-order valence-electron chi connectivity index (χ4n) is 2.86. The minimum absolute atomic E-state index is 0.0331. The number of likely N-dealkylation sites (N-methyl/N-ethyl adjacent to an activating group) is 1. The molecule has 0 radical (unpaired) electrons. The molecule has 1 aliphatic carbocycles. The molecule has 0 N–H and O–H groups in total. The predicted molar refractivity (Wildman–Crippen MR) is 83.7 cm³/mol. The highest BCUT2D eigenvalue weighted by Crippen LogP contribution is 2.29. The molecule has 1 heterocycles. The van der Waals surface area contributed by atoms with Gasteiger partial charge in [0.2, 0.25) is 0 Å². The lowest BCUT2D eigenvalue weighted by atomic mass is 9.91. The van der Waals surface area contributed by atoms with E-state index in [0.29, 0.717) is 12.0 Å². The van der Waals surface area contributed by atoms with Crippen molar-refractivity contribution in [1.82, 2.24) is 9.80 Å². The number of piperazine rings is 1. The number of rotatable bonds is 6. The second kappa shape index (κ2) is 6.23. The van der Waals surface area contributed by atoms with E-state index < -0.39 is 0 Å². The van der Waals surface area contributed by atoms with E-state index in [1.54, 1.807) is 0 Å². The van der Waals surface area contributed by atoms with Gasteiger partial charge in [-0.3, -0.25) is 4.90 Å². The summed E-state index contributed by atoms with van der Waals surface area (Å²) in [5.41, 5.74) is 0.0612. The van der Waals surface area contributed by atoms with Crippen molar-refractivity contribution in [3.8, 4) is 0 Å². The van der Waals surface area contributed by atoms with Gasteiger partial charge < -0.3 is 9.69 Å². The first-order chi connectivity index (χ1) is 9.50. The SMILES string of the molecule is CCC(C)(/C=C\C(C=O)C1C=C1)N1CCN(C)[C@@H](C)C1. The van der Waals surface area contributed by atoms with Crippen molar-refractivity contribution in [2.24, 2.45) is 11.8 Å². The highest BCUT2D eigenvalue weighted by atomic mass is 16.1. The van der Waals surface area contributed by atoms with E-state index in [0.717, 1.165) is 32.3 Å². The molecule has 3 heteroatoms. The monoisotopic (exact) mass is 276 g/mol. The van der Waals surface area contributed by atoms with E-state index in [9.17, 15) is 4.79 Å². The third-order valence-corrected chi connectivity index (χ3v) is 5.09. The lowest BCUT2D eigenvalue weighted by molar-refractivity contribution is -0.110. The quantitative estimate of drug-likeness (QED) is 0.549. The fraction of sp³-hybridized carbons (Fsp3) is 0.706. The zero-order valence-corrected chi connectivity index (χ0v) is 13.2. The van der Waals surface area contributed by atoms with E-state index in [4.69, 9.17) is 0 Å². The van der Waals surface area contributed by atoms with Crippen LogP contribution in [0.1, 0.15) is 27.2 Å². The van der Waals surface area contributed by atoms with Crippen LogP contribution in [-0.2, 0) is 4.79 Å². The van der Waals surface area contributed by atoms with Crippen LogP contribution in [0.25, 0.3) is 0 Å². The maximum atomic E-state index is 11.2. The summed E-state index contributed by atoms with van der Waals surface area (Å²) in [6.45, 7) is 10.1. The Labute approximate surface area is 123 Å². The average Bonchev–Trinajstić information content (AvgIpc) is 3.27. The van der Waals surface area contributed by atoms with Crippen LogP contribution >= 0.6 is 0 Å². The highest BCUT2D eigenvalue weighted by Gasteiger charge is 2.33. The summed E-state index contributed by atoms with van der Waals surface area (Å²) >= 11 is 0. The fourth-order valence-corrected chi connectivity index (χ4v) is 2.86. The molecule has 0 aromatic rings. The van der Waals surface area contributed by atoms with Gasteiger partial charge in [0.15, 0.2) is 0 Å². The maximum absolute atomic E-state index is 11.2. The van der Waals surface area contributed by atoms with E-state index in [1.807, 2.05) is 0 Å². The van der Waals surface area contributed by atoms with Gasteiger partial charge in [-0.25, -0.2) is 0 Å². The Morgan fingerprint density at radius 2 is 2.10 bits per heavy atom. The molecule has 0 bridgehead atoms. The molecule has 2 unspecified atom stereocenters. The molecule has 1 saturated heterocycles. The van der Waals surface area contributed by atoms with Gasteiger partial charge in [0, 0.05) is 43.1 Å². The van der Waals surface area contributed by atoms with Crippen molar-refractivity contribution < 1.29 is 4.79 Å². The van der Waals surface area contributed by atoms with E-state index in [-0.39, 0.29) is 11.5 Å². The lowest BCUT2D eigenvalue weighted by Gasteiger charge is -2.46. The van der Waals surface area contributed by atoms with E-state index in [2.05, 4.69) is 61.9 Å². The number of hydrogen-bond donors (Lipinski definition) is 0. The molecule has 0 saturated carbocycles. The van der Waals surface area contributed by atoms with Crippen LogP contribution in [0, 0.1) is 11.8 Å². The second-order valence-electron chi connectivity index (χ2n) is 6.52. The Morgan fingerprint density at radius 1 is 1.40 bits per heavy atom. The summed E-state index contributed by atoms with van der Waals surface area (Å²) in [5, 5.41) is 0. The summed E-state index contributed by atoms with van der Waals surface area (Å²) in [6.07, 6.45) is 10.7. The summed E-state index contributed by atoms with van der Waals surface area (Å²) in [6, 6.07) is 0.593. The van der Waals surface area contributed by atoms with Gasteiger partial charge >= 0.3 is 0 Å². The Kier molecular flexibility index (Phi) is 4.82. The Morgan fingerprint density at radius 3 is 2.60 bits per heavy atom. The number of hydrogen-bond acceptors (Lipinski definition) is 3. The van der Waals surface area contributed by atoms with Crippen molar-refractivity contribution in [1.29, 1.82) is 0 Å². The molecular formula is C17H28N2O. The molecule has 3 nitrogen and oxygen atoms in total. The van der Waals surface area contributed by atoms with Gasteiger partial charge in [-0.15, -0.1) is 0 Å². The number of carbonyl (C=O) groups is 1. The lowest BCUT2D eigenvalue weighted by Crippen LogP contribution is -2.57. The molecular weight excluding hydrogens is 248 g/mol. The van der Waals surface area contributed by atoms with Gasteiger partial charge in [0.05, 0.1) is 0 Å². The molecule has 0 aromatic heterocycles. The van der Waals surface area contributed by atoms with Crippen molar-refractivity contribution in [3.05, 3.63) is 24.3 Å². The predicted octanol–water partition coefficient (Wildman–Crippen LogP) is 2.35. The molecule has 0 aromatic carbocycles. The normalized spacial score (nSPS) is 29.5. The molecule has 112 valence electrons. The number of carbonyl (C=O) groups excluding carboxylic acids is 1. The van der Waals surface area contributed by atoms with Crippen LogP contribution in [0.4, 0.5) is 0 Å². The van der Waals surface area contributed by atoms with Crippen molar-refractivity contribution >= 4 is 6.29 Å². The molecule has 20 heavy (non-hydrogen) atoms. The zero-order chi connectivity index (χ0) is 14.8. The van der Waals surface area contributed by atoms with Gasteiger partial charge in [0.25, 0.3) is 0 Å². The van der Waals surface area contributed by atoms with E-state index >= 15 is 0 Å².